The highest BCUT2D eigenvalue weighted by molar-refractivity contribution is 5.79. The van der Waals surface area contributed by atoms with Gasteiger partial charge in [-0.2, -0.15) is 0 Å². The second-order valence-electron chi connectivity index (χ2n) is 6.59. The molecule has 0 aliphatic heterocycles. The Morgan fingerprint density at radius 1 is 0.857 bits per heavy atom. The number of hydrogen-bond acceptors (Lipinski definition) is 1. The molecule has 0 radical (unpaired) electrons. The fourth-order valence-corrected chi connectivity index (χ4v) is 3.38. The lowest BCUT2D eigenvalue weighted by molar-refractivity contribution is 0.992. The molecule has 1 aromatic heterocycles. The van der Waals surface area contributed by atoms with Gasteiger partial charge in [-0.3, -0.25) is 0 Å². The Morgan fingerprint density at radius 3 is 2.21 bits per heavy atom. The second-order valence-corrected chi connectivity index (χ2v) is 6.59. The summed E-state index contributed by atoms with van der Waals surface area (Å²) in [5.74, 6) is 0. The number of rotatable bonds is 6. The topological polar surface area (TPSA) is 17.0 Å². The molecule has 140 valence electrons. The SMILES string of the molecule is C=C/C=C\c1c(C)c(=C)n(-c2ccccc2/C=C/c2ccccc2NC)c1=C. The zero-order chi connectivity index (χ0) is 20.1. The number of aromatic nitrogens is 1. The normalized spacial score (nSPS) is 11.4. The molecule has 1 N–H and O–H groups in total. The fraction of sp³-hybridized carbons (Fsp3) is 0.0769. The summed E-state index contributed by atoms with van der Waals surface area (Å²) in [4.78, 5) is 0. The molecule has 28 heavy (non-hydrogen) atoms. The highest BCUT2D eigenvalue weighted by Gasteiger charge is 2.10. The van der Waals surface area contributed by atoms with Gasteiger partial charge in [0.25, 0.3) is 0 Å². The van der Waals surface area contributed by atoms with Gasteiger partial charge < -0.3 is 9.88 Å². The van der Waals surface area contributed by atoms with Gasteiger partial charge in [0.1, 0.15) is 0 Å². The van der Waals surface area contributed by atoms with E-state index in [1.54, 1.807) is 6.08 Å². The van der Waals surface area contributed by atoms with Gasteiger partial charge in [-0.1, -0.05) is 86.5 Å². The number of nitrogens with one attached hydrogen (secondary N) is 1. The molecule has 3 aromatic rings. The lowest BCUT2D eigenvalue weighted by Crippen LogP contribution is -2.24. The van der Waals surface area contributed by atoms with Crippen molar-refractivity contribution in [2.24, 2.45) is 0 Å². The Hall–Kier alpha value is -3.52. The number of nitrogens with zero attached hydrogens (tertiary/aromatic N) is 1. The number of allylic oxidation sites excluding steroid dienone is 2. The molecule has 0 bridgehead atoms. The molecule has 0 saturated carbocycles. The first-order valence-electron chi connectivity index (χ1n) is 9.31. The molecule has 3 rings (SSSR count). The molecule has 2 heteroatoms. The van der Waals surface area contributed by atoms with Crippen molar-refractivity contribution in [1.82, 2.24) is 4.57 Å². The largest absolute Gasteiger partial charge is 0.388 e. The maximum absolute atomic E-state index is 4.32. The van der Waals surface area contributed by atoms with E-state index in [1.165, 1.54) is 0 Å². The standard InChI is InChI=1S/C26H26N2/c1-6-7-14-24-19(2)20(3)28(21(24)4)26-16-11-9-13-23(26)18-17-22-12-8-10-15-25(22)27-5/h6-18,27H,1,3-4H2,2,5H3/b14-7-,18-17+. The zero-order valence-electron chi connectivity index (χ0n) is 16.6. The molecule has 1 heterocycles. The Balaban J connectivity index is 2.13. The van der Waals surface area contributed by atoms with Gasteiger partial charge in [0.2, 0.25) is 0 Å². The Bertz CT molecular complexity index is 1160. The minimum atomic E-state index is 0.928. The van der Waals surface area contributed by atoms with E-state index in [9.17, 15) is 0 Å². The van der Waals surface area contributed by atoms with Crippen LogP contribution < -0.4 is 16.0 Å². The lowest BCUT2D eigenvalue weighted by Gasteiger charge is -2.10. The van der Waals surface area contributed by atoms with E-state index >= 15 is 0 Å². The summed E-state index contributed by atoms with van der Waals surface area (Å²) in [6, 6.07) is 16.6. The van der Waals surface area contributed by atoms with Crippen LogP contribution in [0.5, 0.6) is 0 Å². The number of hydrogen-bond donors (Lipinski definition) is 1. The van der Waals surface area contributed by atoms with Crippen LogP contribution in [-0.2, 0) is 0 Å². The molecule has 0 amide bonds. The van der Waals surface area contributed by atoms with E-state index in [0.717, 1.165) is 44.3 Å². The monoisotopic (exact) mass is 366 g/mol. The Labute approximate surface area is 167 Å². The van der Waals surface area contributed by atoms with Gasteiger partial charge in [0.15, 0.2) is 0 Å². The molecule has 0 aliphatic carbocycles. The van der Waals surface area contributed by atoms with Crippen molar-refractivity contribution in [1.29, 1.82) is 0 Å². The quantitative estimate of drug-likeness (QED) is 0.479. The van der Waals surface area contributed by atoms with Crippen molar-refractivity contribution in [3.05, 3.63) is 100 Å². The average molecular weight is 367 g/mol. The molecular formula is C26H26N2. The van der Waals surface area contributed by atoms with Crippen molar-refractivity contribution in [3.8, 4) is 5.69 Å². The number of para-hydroxylation sites is 2. The fourth-order valence-electron chi connectivity index (χ4n) is 3.38. The van der Waals surface area contributed by atoms with Crippen molar-refractivity contribution < 1.29 is 0 Å². The maximum Gasteiger partial charge on any atom is 0.0533 e. The second kappa shape index (κ2) is 8.45. The molecule has 0 fully saturated rings. The predicted octanol–water partition coefficient (Wildman–Crippen LogP) is 5.02. The lowest BCUT2D eigenvalue weighted by atomic mass is 10.1. The van der Waals surface area contributed by atoms with Gasteiger partial charge in [-0.25, -0.2) is 0 Å². The third-order valence-electron chi connectivity index (χ3n) is 4.94. The van der Waals surface area contributed by atoms with Crippen molar-refractivity contribution in [2.45, 2.75) is 6.92 Å². The highest BCUT2D eigenvalue weighted by Crippen LogP contribution is 2.20. The summed E-state index contributed by atoms with van der Waals surface area (Å²) in [6.07, 6.45) is 10.0. The summed E-state index contributed by atoms with van der Waals surface area (Å²) in [6.45, 7) is 14.5. The van der Waals surface area contributed by atoms with Gasteiger partial charge in [-0.15, -0.1) is 0 Å². The Morgan fingerprint density at radius 2 is 1.50 bits per heavy atom. The minimum absolute atomic E-state index is 0.928. The average Bonchev–Trinajstić information content (AvgIpc) is 2.93. The van der Waals surface area contributed by atoms with E-state index in [0.29, 0.717) is 0 Å². The molecule has 2 nitrogen and oxygen atoms in total. The smallest absolute Gasteiger partial charge is 0.0533 e. The number of anilines is 1. The van der Waals surface area contributed by atoms with E-state index < -0.39 is 0 Å². The van der Waals surface area contributed by atoms with Gasteiger partial charge in [0, 0.05) is 29.0 Å². The van der Waals surface area contributed by atoms with Crippen LogP contribution in [-0.4, -0.2) is 11.6 Å². The van der Waals surface area contributed by atoms with E-state index in [4.69, 9.17) is 0 Å². The van der Waals surface area contributed by atoms with E-state index in [2.05, 4.69) is 73.0 Å². The van der Waals surface area contributed by atoms with Crippen LogP contribution in [0.1, 0.15) is 22.3 Å². The molecular weight excluding hydrogens is 340 g/mol. The van der Waals surface area contributed by atoms with Gasteiger partial charge in [0.05, 0.1) is 5.69 Å². The van der Waals surface area contributed by atoms with Crippen LogP contribution in [0, 0.1) is 6.92 Å². The first-order chi connectivity index (χ1) is 13.6. The van der Waals surface area contributed by atoms with Crippen molar-refractivity contribution in [2.75, 3.05) is 12.4 Å². The summed E-state index contributed by atoms with van der Waals surface area (Å²) in [7, 11) is 1.94. The van der Waals surface area contributed by atoms with Crippen LogP contribution in [0.3, 0.4) is 0 Å². The van der Waals surface area contributed by atoms with Crippen LogP contribution >= 0.6 is 0 Å². The maximum atomic E-state index is 4.32. The third kappa shape index (κ3) is 3.63. The molecule has 0 unspecified atom stereocenters. The first kappa shape index (κ1) is 19.2. The van der Waals surface area contributed by atoms with Crippen molar-refractivity contribution in [3.63, 3.8) is 0 Å². The molecule has 0 spiro atoms. The summed E-state index contributed by atoms with van der Waals surface area (Å²) in [5.41, 5.74) is 6.63. The molecule has 0 atom stereocenters. The Kier molecular flexibility index (Phi) is 5.81. The van der Waals surface area contributed by atoms with Crippen LogP contribution in [0.25, 0.3) is 37.1 Å². The minimum Gasteiger partial charge on any atom is -0.388 e. The van der Waals surface area contributed by atoms with Gasteiger partial charge in [-0.05, 0) is 35.7 Å². The third-order valence-corrected chi connectivity index (χ3v) is 4.94. The predicted molar refractivity (Wildman–Crippen MR) is 125 cm³/mol. The first-order valence-corrected chi connectivity index (χ1v) is 9.31. The summed E-state index contributed by atoms with van der Waals surface area (Å²) in [5, 5.41) is 5.11. The van der Waals surface area contributed by atoms with E-state index in [1.807, 2.05) is 43.5 Å². The summed E-state index contributed by atoms with van der Waals surface area (Å²) < 4.78 is 2.13. The summed E-state index contributed by atoms with van der Waals surface area (Å²) >= 11 is 0. The van der Waals surface area contributed by atoms with Crippen LogP contribution in [0.15, 0.2) is 67.3 Å². The molecule has 2 aromatic carbocycles. The van der Waals surface area contributed by atoms with Crippen LogP contribution in [0.4, 0.5) is 5.69 Å². The highest BCUT2D eigenvalue weighted by atomic mass is 15.0. The van der Waals surface area contributed by atoms with E-state index in [-0.39, 0.29) is 0 Å². The van der Waals surface area contributed by atoms with Gasteiger partial charge >= 0.3 is 0 Å². The number of benzene rings is 2. The van der Waals surface area contributed by atoms with Crippen LogP contribution in [0.2, 0.25) is 0 Å². The molecule has 0 saturated heterocycles. The van der Waals surface area contributed by atoms with Crippen molar-refractivity contribution >= 4 is 37.1 Å². The molecule has 0 aliphatic rings. The zero-order valence-corrected chi connectivity index (χ0v) is 16.6.